The predicted octanol–water partition coefficient (Wildman–Crippen LogP) is 2.02. The number of nitrogens with zero attached hydrogens (tertiary/aromatic N) is 1. The molecule has 0 aromatic carbocycles. The average Bonchev–Trinajstić information content (AvgIpc) is 2.26. The highest BCUT2D eigenvalue weighted by molar-refractivity contribution is 5.76. The van der Waals surface area contributed by atoms with Crippen molar-refractivity contribution in [2.24, 2.45) is 5.92 Å². The first-order chi connectivity index (χ1) is 7.63. The third-order valence-electron chi connectivity index (χ3n) is 3.15. The van der Waals surface area contributed by atoms with Crippen LogP contribution >= 0.6 is 0 Å². The van der Waals surface area contributed by atoms with Gasteiger partial charge in [0.25, 0.3) is 0 Å². The van der Waals surface area contributed by atoms with Gasteiger partial charge in [-0.1, -0.05) is 20.3 Å². The van der Waals surface area contributed by atoms with Gasteiger partial charge in [0, 0.05) is 25.6 Å². The fourth-order valence-electron chi connectivity index (χ4n) is 2.29. The van der Waals surface area contributed by atoms with Crippen molar-refractivity contribution >= 4 is 5.91 Å². The Bertz CT molecular complexity index is 210. The van der Waals surface area contributed by atoms with E-state index in [4.69, 9.17) is 0 Å². The zero-order valence-corrected chi connectivity index (χ0v) is 11.0. The third kappa shape index (κ3) is 4.52. The molecule has 16 heavy (non-hydrogen) atoms. The fraction of sp³-hybridized carbons (Fsp3) is 0.923. The van der Waals surface area contributed by atoms with Crippen LogP contribution in [0.5, 0.6) is 0 Å². The van der Waals surface area contributed by atoms with Gasteiger partial charge in [-0.05, 0) is 32.2 Å². The maximum atomic E-state index is 12.1. The summed E-state index contributed by atoms with van der Waals surface area (Å²) in [5.41, 5.74) is 0. The normalized spacial score (nSPS) is 21.1. The first-order valence-electron chi connectivity index (χ1n) is 6.64. The molecule has 94 valence electrons. The van der Waals surface area contributed by atoms with E-state index in [2.05, 4.69) is 26.1 Å². The van der Waals surface area contributed by atoms with Crippen LogP contribution in [0.4, 0.5) is 0 Å². The Balaban J connectivity index is 2.35. The summed E-state index contributed by atoms with van der Waals surface area (Å²) >= 11 is 0. The molecule has 1 unspecified atom stereocenters. The summed E-state index contributed by atoms with van der Waals surface area (Å²) in [5.74, 6) is 0.874. The van der Waals surface area contributed by atoms with Crippen molar-refractivity contribution in [2.45, 2.75) is 52.5 Å². The lowest BCUT2D eigenvalue weighted by Gasteiger charge is -2.28. The molecule has 0 radical (unpaired) electrons. The van der Waals surface area contributed by atoms with Gasteiger partial charge in [0.15, 0.2) is 0 Å². The first kappa shape index (κ1) is 13.5. The highest BCUT2D eigenvalue weighted by Gasteiger charge is 2.20. The van der Waals surface area contributed by atoms with Gasteiger partial charge in [0.05, 0.1) is 0 Å². The second kappa shape index (κ2) is 6.89. The van der Waals surface area contributed by atoms with E-state index in [0.717, 1.165) is 26.1 Å². The Hall–Kier alpha value is -0.570. The lowest BCUT2D eigenvalue weighted by Crippen LogP contribution is -2.41. The van der Waals surface area contributed by atoms with Crippen LogP contribution in [-0.2, 0) is 4.79 Å². The van der Waals surface area contributed by atoms with Crippen molar-refractivity contribution in [3.8, 4) is 0 Å². The third-order valence-corrected chi connectivity index (χ3v) is 3.15. The number of nitrogens with one attached hydrogen (secondary N) is 1. The topological polar surface area (TPSA) is 32.3 Å². The molecule has 1 aliphatic rings. The fourth-order valence-corrected chi connectivity index (χ4v) is 2.29. The molecule has 0 aromatic heterocycles. The molecule has 1 fully saturated rings. The number of hydrogen-bond donors (Lipinski definition) is 1. The lowest BCUT2D eigenvalue weighted by atomic mass is 10.0. The SMILES string of the molecule is CCN(CC(C)C)C(=O)CC1CCCCN1. The molecule has 1 rings (SSSR count). The Morgan fingerprint density at radius 1 is 1.44 bits per heavy atom. The highest BCUT2D eigenvalue weighted by atomic mass is 16.2. The van der Waals surface area contributed by atoms with E-state index in [0.29, 0.717) is 24.3 Å². The number of carbonyl (C=O) groups is 1. The van der Waals surface area contributed by atoms with Crippen LogP contribution in [0, 0.1) is 5.92 Å². The highest BCUT2D eigenvalue weighted by Crippen LogP contribution is 2.12. The standard InChI is InChI=1S/C13H26N2O/c1-4-15(10-11(2)3)13(16)9-12-7-5-6-8-14-12/h11-12,14H,4-10H2,1-3H3. The van der Waals surface area contributed by atoms with Gasteiger partial charge < -0.3 is 10.2 Å². The van der Waals surface area contributed by atoms with Gasteiger partial charge in [-0.15, -0.1) is 0 Å². The summed E-state index contributed by atoms with van der Waals surface area (Å²) in [5, 5.41) is 3.43. The Morgan fingerprint density at radius 2 is 2.19 bits per heavy atom. The predicted molar refractivity (Wildman–Crippen MR) is 67.4 cm³/mol. The van der Waals surface area contributed by atoms with Crippen molar-refractivity contribution in [2.75, 3.05) is 19.6 Å². The van der Waals surface area contributed by atoms with E-state index in [9.17, 15) is 4.79 Å². The molecular formula is C13H26N2O. The Labute approximate surface area is 99.6 Å². The van der Waals surface area contributed by atoms with Gasteiger partial charge in [-0.2, -0.15) is 0 Å². The van der Waals surface area contributed by atoms with Gasteiger partial charge in [-0.3, -0.25) is 4.79 Å². The van der Waals surface area contributed by atoms with Gasteiger partial charge in [-0.25, -0.2) is 0 Å². The van der Waals surface area contributed by atoms with Crippen molar-refractivity contribution in [1.29, 1.82) is 0 Å². The summed E-state index contributed by atoms with van der Waals surface area (Å²) in [7, 11) is 0. The van der Waals surface area contributed by atoms with Gasteiger partial charge in [0.2, 0.25) is 5.91 Å². The molecule has 0 spiro atoms. The lowest BCUT2D eigenvalue weighted by molar-refractivity contribution is -0.132. The summed E-state index contributed by atoms with van der Waals surface area (Å²) < 4.78 is 0. The number of carbonyl (C=O) groups excluding carboxylic acids is 1. The number of amides is 1. The molecule has 3 heteroatoms. The van der Waals surface area contributed by atoms with Crippen LogP contribution in [0.3, 0.4) is 0 Å². The van der Waals surface area contributed by atoms with E-state index in [1.165, 1.54) is 12.8 Å². The minimum atomic E-state index is 0.315. The van der Waals surface area contributed by atoms with E-state index in [-0.39, 0.29) is 0 Å². The molecule has 0 bridgehead atoms. The molecule has 1 aliphatic heterocycles. The van der Waals surface area contributed by atoms with E-state index >= 15 is 0 Å². The minimum Gasteiger partial charge on any atom is -0.343 e. The number of piperidine rings is 1. The smallest absolute Gasteiger partial charge is 0.224 e. The molecule has 1 N–H and O–H groups in total. The summed E-state index contributed by atoms with van der Waals surface area (Å²) in [6.45, 7) is 9.19. The molecule has 3 nitrogen and oxygen atoms in total. The van der Waals surface area contributed by atoms with Crippen LogP contribution in [0.2, 0.25) is 0 Å². The molecule has 1 amide bonds. The average molecular weight is 226 g/mol. The summed E-state index contributed by atoms with van der Waals surface area (Å²) in [6.07, 6.45) is 4.36. The van der Waals surface area contributed by atoms with Crippen molar-refractivity contribution in [1.82, 2.24) is 10.2 Å². The second-order valence-electron chi connectivity index (χ2n) is 5.18. The number of hydrogen-bond acceptors (Lipinski definition) is 2. The zero-order valence-electron chi connectivity index (χ0n) is 11.0. The van der Waals surface area contributed by atoms with Crippen LogP contribution in [0.15, 0.2) is 0 Å². The largest absolute Gasteiger partial charge is 0.343 e. The quantitative estimate of drug-likeness (QED) is 0.778. The minimum absolute atomic E-state index is 0.315. The van der Waals surface area contributed by atoms with E-state index < -0.39 is 0 Å². The van der Waals surface area contributed by atoms with Crippen LogP contribution in [0.25, 0.3) is 0 Å². The van der Waals surface area contributed by atoms with Gasteiger partial charge >= 0.3 is 0 Å². The molecule has 0 aliphatic carbocycles. The van der Waals surface area contributed by atoms with Crippen molar-refractivity contribution in [3.05, 3.63) is 0 Å². The maximum absolute atomic E-state index is 12.1. The zero-order chi connectivity index (χ0) is 12.0. The van der Waals surface area contributed by atoms with Crippen molar-refractivity contribution in [3.63, 3.8) is 0 Å². The summed E-state index contributed by atoms with van der Waals surface area (Å²) in [6, 6.07) is 0.419. The molecule has 1 atom stereocenters. The van der Waals surface area contributed by atoms with E-state index in [1.54, 1.807) is 0 Å². The molecule has 1 saturated heterocycles. The second-order valence-corrected chi connectivity index (χ2v) is 5.18. The van der Waals surface area contributed by atoms with Crippen molar-refractivity contribution < 1.29 is 4.79 Å². The van der Waals surface area contributed by atoms with Crippen LogP contribution in [0.1, 0.15) is 46.5 Å². The molecule has 0 saturated carbocycles. The Kier molecular flexibility index (Phi) is 5.81. The monoisotopic (exact) mass is 226 g/mol. The maximum Gasteiger partial charge on any atom is 0.224 e. The molecule has 0 aromatic rings. The van der Waals surface area contributed by atoms with Gasteiger partial charge in [0.1, 0.15) is 0 Å². The number of rotatable bonds is 5. The van der Waals surface area contributed by atoms with Crippen LogP contribution in [-0.4, -0.2) is 36.5 Å². The summed E-state index contributed by atoms with van der Waals surface area (Å²) in [4.78, 5) is 14.1. The van der Waals surface area contributed by atoms with E-state index in [1.807, 2.05) is 4.90 Å². The molecule has 1 heterocycles. The van der Waals surface area contributed by atoms with Crippen LogP contribution < -0.4 is 5.32 Å². The molecular weight excluding hydrogens is 200 g/mol. The first-order valence-corrected chi connectivity index (χ1v) is 6.64. The Morgan fingerprint density at radius 3 is 2.69 bits per heavy atom.